The van der Waals surface area contributed by atoms with Crippen molar-refractivity contribution >= 4 is 5.69 Å². The lowest BCUT2D eigenvalue weighted by Gasteiger charge is -2.21. The minimum absolute atomic E-state index is 0.132. The van der Waals surface area contributed by atoms with Crippen LogP contribution in [-0.4, -0.2) is 21.3 Å². The first-order valence-corrected chi connectivity index (χ1v) is 6.27. The second kappa shape index (κ2) is 5.84. The van der Waals surface area contributed by atoms with E-state index in [9.17, 15) is 9.50 Å². The Labute approximate surface area is 111 Å². The van der Waals surface area contributed by atoms with E-state index in [1.54, 1.807) is 30.7 Å². The van der Waals surface area contributed by atoms with Crippen LogP contribution in [0.2, 0.25) is 0 Å². The van der Waals surface area contributed by atoms with E-state index in [1.807, 2.05) is 18.4 Å². The lowest BCUT2D eigenvalue weighted by atomic mass is 10.2. The largest absolute Gasteiger partial charge is 0.394 e. The predicted molar refractivity (Wildman–Crippen MR) is 72.5 cm³/mol. The van der Waals surface area contributed by atoms with Gasteiger partial charge in [0.25, 0.3) is 0 Å². The average Bonchev–Trinajstić information content (AvgIpc) is 2.87. The number of halogens is 1. The molecule has 1 unspecified atom stereocenters. The van der Waals surface area contributed by atoms with Gasteiger partial charge in [0, 0.05) is 6.04 Å². The molecule has 0 amide bonds. The van der Waals surface area contributed by atoms with E-state index in [0.29, 0.717) is 5.69 Å². The Bertz CT molecular complexity index is 539. The van der Waals surface area contributed by atoms with Crippen LogP contribution in [0.15, 0.2) is 36.8 Å². The first kappa shape index (κ1) is 13.5. The molecule has 0 aliphatic rings. The Hall–Kier alpha value is -1.88. The molecule has 0 fully saturated rings. The van der Waals surface area contributed by atoms with Crippen molar-refractivity contribution in [1.82, 2.24) is 9.55 Å². The van der Waals surface area contributed by atoms with Gasteiger partial charge in [-0.05, 0) is 26.0 Å². The van der Waals surface area contributed by atoms with E-state index >= 15 is 0 Å². The van der Waals surface area contributed by atoms with Gasteiger partial charge in [-0.3, -0.25) is 0 Å². The van der Waals surface area contributed by atoms with Crippen molar-refractivity contribution in [3.63, 3.8) is 0 Å². The molecule has 2 aromatic rings. The number of para-hydroxylation sites is 1. The van der Waals surface area contributed by atoms with Gasteiger partial charge >= 0.3 is 0 Å². The predicted octanol–water partition coefficient (Wildman–Crippen LogP) is 2.75. The molecule has 2 N–H and O–H groups in total. The maximum Gasteiger partial charge on any atom is 0.146 e. The number of hydrogen-bond donors (Lipinski definition) is 2. The van der Waals surface area contributed by atoms with Gasteiger partial charge in [0.15, 0.2) is 0 Å². The summed E-state index contributed by atoms with van der Waals surface area (Å²) in [5.74, 6) is -0.337. The first-order chi connectivity index (χ1) is 9.13. The number of rotatable bonds is 5. The number of anilines is 1. The maximum absolute atomic E-state index is 13.6. The molecule has 0 spiro atoms. The zero-order chi connectivity index (χ0) is 13.8. The number of imidazole rings is 1. The molecule has 0 aliphatic carbocycles. The first-order valence-electron chi connectivity index (χ1n) is 6.27. The molecule has 0 saturated carbocycles. The van der Waals surface area contributed by atoms with E-state index in [2.05, 4.69) is 10.3 Å². The molecule has 5 heteroatoms. The molecule has 0 radical (unpaired) electrons. The summed E-state index contributed by atoms with van der Waals surface area (Å²) in [7, 11) is 0. The second-order valence-electron chi connectivity index (χ2n) is 4.68. The van der Waals surface area contributed by atoms with Gasteiger partial charge in [0.05, 0.1) is 36.6 Å². The minimum Gasteiger partial charge on any atom is -0.394 e. The molecule has 102 valence electrons. The third-order valence-electron chi connectivity index (χ3n) is 3.00. The van der Waals surface area contributed by atoms with E-state index in [4.69, 9.17) is 0 Å². The fourth-order valence-electron chi connectivity index (χ4n) is 2.00. The highest BCUT2D eigenvalue weighted by Gasteiger charge is 2.17. The smallest absolute Gasteiger partial charge is 0.146 e. The van der Waals surface area contributed by atoms with Crippen molar-refractivity contribution in [3.05, 3.63) is 48.3 Å². The molecule has 1 heterocycles. The standard InChI is InChI=1S/C14H18FN3O/c1-10(2)18-9-16-7-14(18)13(8-19)17-12-6-4-3-5-11(12)15/h3-7,9-10,13,17,19H,8H2,1-2H3. The lowest BCUT2D eigenvalue weighted by molar-refractivity contribution is 0.270. The fraction of sp³-hybridized carbons (Fsp3) is 0.357. The zero-order valence-corrected chi connectivity index (χ0v) is 11.0. The topological polar surface area (TPSA) is 50.1 Å². The van der Waals surface area contributed by atoms with Crippen LogP contribution in [0.3, 0.4) is 0 Å². The van der Waals surface area contributed by atoms with Crippen molar-refractivity contribution < 1.29 is 9.50 Å². The van der Waals surface area contributed by atoms with Crippen LogP contribution in [0.25, 0.3) is 0 Å². The lowest BCUT2D eigenvalue weighted by Crippen LogP contribution is -2.20. The van der Waals surface area contributed by atoms with Gasteiger partial charge in [-0.25, -0.2) is 9.37 Å². The molecule has 1 atom stereocenters. The Balaban J connectivity index is 2.26. The van der Waals surface area contributed by atoms with Crippen LogP contribution < -0.4 is 5.32 Å². The zero-order valence-electron chi connectivity index (χ0n) is 11.0. The highest BCUT2D eigenvalue weighted by atomic mass is 19.1. The molecule has 0 saturated heterocycles. The Morgan fingerprint density at radius 1 is 1.37 bits per heavy atom. The Morgan fingerprint density at radius 2 is 2.11 bits per heavy atom. The molecule has 4 nitrogen and oxygen atoms in total. The van der Waals surface area contributed by atoms with Gasteiger partial charge in [0.2, 0.25) is 0 Å². The molecule has 1 aromatic carbocycles. The summed E-state index contributed by atoms with van der Waals surface area (Å²) in [6, 6.07) is 6.26. The quantitative estimate of drug-likeness (QED) is 0.872. The van der Waals surface area contributed by atoms with Crippen molar-refractivity contribution in [3.8, 4) is 0 Å². The summed E-state index contributed by atoms with van der Waals surface area (Å²) in [5, 5.41) is 12.5. The number of aliphatic hydroxyl groups excluding tert-OH is 1. The number of aromatic nitrogens is 2. The van der Waals surface area contributed by atoms with E-state index in [1.165, 1.54) is 6.07 Å². The molecule has 0 bridgehead atoms. The van der Waals surface area contributed by atoms with Crippen LogP contribution in [-0.2, 0) is 0 Å². The SMILES string of the molecule is CC(C)n1cncc1C(CO)Nc1ccccc1F. The van der Waals surface area contributed by atoms with Gasteiger partial charge in [-0.15, -0.1) is 0 Å². The molecule has 2 rings (SSSR count). The van der Waals surface area contributed by atoms with Crippen molar-refractivity contribution in [2.75, 3.05) is 11.9 Å². The summed E-state index contributed by atoms with van der Waals surface area (Å²) >= 11 is 0. The normalized spacial score (nSPS) is 12.7. The third-order valence-corrected chi connectivity index (χ3v) is 3.00. The van der Waals surface area contributed by atoms with Gasteiger partial charge in [0.1, 0.15) is 5.82 Å². The summed E-state index contributed by atoms with van der Waals surface area (Å²) < 4.78 is 15.6. The highest BCUT2D eigenvalue weighted by molar-refractivity contribution is 5.46. The van der Waals surface area contributed by atoms with Crippen LogP contribution in [0, 0.1) is 5.82 Å². The van der Waals surface area contributed by atoms with Crippen molar-refractivity contribution in [2.24, 2.45) is 0 Å². The van der Waals surface area contributed by atoms with Crippen LogP contribution in [0.5, 0.6) is 0 Å². The number of aliphatic hydroxyl groups is 1. The second-order valence-corrected chi connectivity index (χ2v) is 4.68. The molecule has 0 aliphatic heterocycles. The van der Waals surface area contributed by atoms with Crippen molar-refractivity contribution in [2.45, 2.75) is 25.9 Å². The van der Waals surface area contributed by atoms with Gasteiger partial charge in [-0.2, -0.15) is 0 Å². The summed E-state index contributed by atoms with van der Waals surface area (Å²) in [6.45, 7) is 3.93. The molecular weight excluding hydrogens is 245 g/mol. The van der Waals surface area contributed by atoms with Crippen LogP contribution >= 0.6 is 0 Å². The number of nitrogens with one attached hydrogen (secondary N) is 1. The average molecular weight is 263 g/mol. The molecule has 1 aromatic heterocycles. The monoisotopic (exact) mass is 263 g/mol. The number of benzene rings is 1. The van der Waals surface area contributed by atoms with E-state index < -0.39 is 0 Å². The van der Waals surface area contributed by atoms with Crippen molar-refractivity contribution in [1.29, 1.82) is 0 Å². The van der Waals surface area contributed by atoms with E-state index in [-0.39, 0.29) is 24.5 Å². The third kappa shape index (κ3) is 2.93. The van der Waals surface area contributed by atoms with E-state index in [0.717, 1.165) is 5.69 Å². The van der Waals surface area contributed by atoms with Crippen LogP contribution in [0.4, 0.5) is 10.1 Å². The summed E-state index contributed by atoms with van der Waals surface area (Å²) in [6.07, 6.45) is 3.40. The Morgan fingerprint density at radius 3 is 2.74 bits per heavy atom. The number of hydrogen-bond acceptors (Lipinski definition) is 3. The molecular formula is C14H18FN3O. The van der Waals surface area contributed by atoms with Gasteiger partial charge < -0.3 is 15.0 Å². The number of nitrogens with zero attached hydrogens (tertiary/aromatic N) is 2. The summed E-state index contributed by atoms with van der Waals surface area (Å²) in [4.78, 5) is 4.09. The highest BCUT2D eigenvalue weighted by Crippen LogP contribution is 2.23. The van der Waals surface area contributed by atoms with Gasteiger partial charge in [-0.1, -0.05) is 12.1 Å². The maximum atomic E-state index is 13.6. The summed E-state index contributed by atoms with van der Waals surface area (Å²) in [5.41, 5.74) is 1.21. The fourth-order valence-corrected chi connectivity index (χ4v) is 2.00. The van der Waals surface area contributed by atoms with Crippen LogP contribution in [0.1, 0.15) is 31.6 Å². The minimum atomic E-state index is -0.387. The Kier molecular flexibility index (Phi) is 4.16. The molecule has 19 heavy (non-hydrogen) atoms.